The van der Waals surface area contributed by atoms with Gasteiger partial charge in [-0.25, -0.2) is 4.39 Å². The molecule has 0 saturated carbocycles. The van der Waals surface area contributed by atoms with E-state index in [1.807, 2.05) is 0 Å². The molecule has 0 fully saturated rings. The molecule has 0 aliphatic rings. The van der Waals surface area contributed by atoms with Gasteiger partial charge >= 0.3 is 0 Å². The second kappa shape index (κ2) is 3.18. The van der Waals surface area contributed by atoms with Crippen molar-refractivity contribution in [2.45, 2.75) is 0 Å². The summed E-state index contributed by atoms with van der Waals surface area (Å²) in [5.74, 6) is -0.422. The molecule has 66 valence electrons. The van der Waals surface area contributed by atoms with Crippen LogP contribution in [-0.4, -0.2) is 10.2 Å². The van der Waals surface area contributed by atoms with E-state index < -0.39 is 5.82 Å². The highest BCUT2D eigenvalue weighted by atomic mass is 35.5. The summed E-state index contributed by atoms with van der Waals surface area (Å²) in [6.07, 6.45) is 1.59. The van der Waals surface area contributed by atoms with Gasteiger partial charge in [0.2, 0.25) is 0 Å². The average molecular weight is 197 g/mol. The Kier molecular flexibility index (Phi) is 2.02. The van der Waals surface area contributed by atoms with Gasteiger partial charge in [-0.2, -0.15) is 5.10 Å². The van der Waals surface area contributed by atoms with Crippen molar-refractivity contribution in [3.8, 4) is 11.3 Å². The Balaban J connectivity index is 2.59. The second-order valence-electron chi connectivity index (χ2n) is 2.57. The van der Waals surface area contributed by atoms with Gasteiger partial charge in [-0.3, -0.25) is 5.10 Å². The minimum Gasteiger partial charge on any atom is -0.278 e. The van der Waals surface area contributed by atoms with Gasteiger partial charge in [0.1, 0.15) is 5.82 Å². The van der Waals surface area contributed by atoms with E-state index in [9.17, 15) is 4.39 Å². The van der Waals surface area contributed by atoms with Crippen LogP contribution < -0.4 is 0 Å². The Morgan fingerprint density at radius 1 is 1.31 bits per heavy atom. The van der Waals surface area contributed by atoms with Crippen LogP contribution in [-0.2, 0) is 0 Å². The third kappa shape index (κ3) is 1.42. The maximum atomic E-state index is 13.0. The van der Waals surface area contributed by atoms with Crippen molar-refractivity contribution < 1.29 is 4.39 Å². The average Bonchev–Trinajstić information content (AvgIpc) is 2.62. The maximum Gasteiger partial charge on any atom is 0.142 e. The fraction of sp³-hybridized carbons (Fsp3) is 0. The Hall–Kier alpha value is -1.35. The zero-order valence-electron chi connectivity index (χ0n) is 6.59. The quantitative estimate of drug-likeness (QED) is 0.747. The summed E-state index contributed by atoms with van der Waals surface area (Å²) < 4.78 is 13.0. The fourth-order valence-corrected chi connectivity index (χ4v) is 1.35. The highest BCUT2D eigenvalue weighted by molar-refractivity contribution is 6.33. The molecule has 0 saturated heterocycles. The Morgan fingerprint density at radius 3 is 2.85 bits per heavy atom. The fourth-order valence-electron chi connectivity index (χ4n) is 1.12. The first-order valence-corrected chi connectivity index (χ1v) is 4.10. The monoisotopic (exact) mass is 196 g/mol. The van der Waals surface area contributed by atoms with Gasteiger partial charge in [-0.05, 0) is 12.1 Å². The summed E-state index contributed by atoms with van der Waals surface area (Å²) in [5, 5.41) is 6.60. The minimum absolute atomic E-state index is 0.117. The smallest absolute Gasteiger partial charge is 0.142 e. The van der Waals surface area contributed by atoms with E-state index in [1.165, 1.54) is 6.07 Å². The van der Waals surface area contributed by atoms with Crippen LogP contribution in [0.15, 0.2) is 30.5 Å². The topological polar surface area (TPSA) is 28.7 Å². The molecule has 13 heavy (non-hydrogen) atoms. The lowest BCUT2D eigenvalue weighted by Gasteiger charge is -2.00. The van der Waals surface area contributed by atoms with Crippen molar-refractivity contribution in [3.05, 3.63) is 41.3 Å². The Bertz CT molecular complexity index is 412. The number of halogens is 2. The molecule has 0 radical (unpaired) electrons. The van der Waals surface area contributed by atoms with Crippen molar-refractivity contribution >= 4 is 11.6 Å². The van der Waals surface area contributed by atoms with Gasteiger partial charge in [-0.1, -0.05) is 23.7 Å². The van der Waals surface area contributed by atoms with E-state index in [4.69, 9.17) is 11.6 Å². The molecule has 2 aromatic rings. The predicted molar refractivity (Wildman–Crippen MR) is 49.0 cm³/mol. The highest BCUT2D eigenvalue weighted by Gasteiger charge is 2.07. The molecule has 1 aromatic carbocycles. The first-order chi connectivity index (χ1) is 6.29. The first-order valence-electron chi connectivity index (χ1n) is 3.73. The number of aromatic amines is 1. The summed E-state index contributed by atoms with van der Waals surface area (Å²) in [6.45, 7) is 0. The van der Waals surface area contributed by atoms with E-state index >= 15 is 0 Å². The lowest BCUT2D eigenvalue weighted by Crippen LogP contribution is -1.83. The summed E-state index contributed by atoms with van der Waals surface area (Å²) in [4.78, 5) is 0. The molecule has 0 amide bonds. The van der Waals surface area contributed by atoms with Crippen LogP contribution in [0.5, 0.6) is 0 Å². The van der Waals surface area contributed by atoms with Crippen LogP contribution in [0, 0.1) is 5.82 Å². The van der Waals surface area contributed by atoms with Crippen LogP contribution in [0.3, 0.4) is 0 Å². The number of rotatable bonds is 1. The molecule has 4 heteroatoms. The largest absolute Gasteiger partial charge is 0.278 e. The first kappa shape index (κ1) is 8.26. The van der Waals surface area contributed by atoms with E-state index in [-0.39, 0.29) is 5.02 Å². The molecular weight excluding hydrogens is 191 g/mol. The molecular formula is C9H6ClFN2. The van der Waals surface area contributed by atoms with Crippen LogP contribution in [0.4, 0.5) is 4.39 Å². The Labute approximate surface area is 79.4 Å². The van der Waals surface area contributed by atoms with Crippen LogP contribution in [0.25, 0.3) is 11.3 Å². The molecule has 0 spiro atoms. The van der Waals surface area contributed by atoms with Gasteiger partial charge in [0, 0.05) is 11.8 Å². The number of H-pyrrole nitrogens is 1. The lowest BCUT2D eigenvalue weighted by molar-refractivity contribution is 0.628. The standard InChI is InChI=1S/C9H6ClFN2/c10-9-6(2-1-3-7(9)11)8-4-5-12-13-8/h1-5H,(H,12,13). The number of benzene rings is 1. The van der Waals surface area contributed by atoms with Gasteiger partial charge < -0.3 is 0 Å². The van der Waals surface area contributed by atoms with E-state index in [0.717, 1.165) is 0 Å². The maximum absolute atomic E-state index is 13.0. The molecule has 1 N–H and O–H groups in total. The number of nitrogens with zero attached hydrogens (tertiary/aromatic N) is 1. The number of nitrogens with one attached hydrogen (secondary N) is 1. The molecule has 0 unspecified atom stereocenters. The number of hydrogen-bond donors (Lipinski definition) is 1. The zero-order valence-corrected chi connectivity index (χ0v) is 7.35. The van der Waals surface area contributed by atoms with Gasteiger partial charge in [-0.15, -0.1) is 0 Å². The molecule has 1 aromatic heterocycles. The third-order valence-electron chi connectivity index (χ3n) is 1.74. The van der Waals surface area contributed by atoms with Crippen molar-refractivity contribution in [2.24, 2.45) is 0 Å². The zero-order chi connectivity index (χ0) is 9.26. The third-order valence-corrected chi connectivity index (χ3v) is 2.13. The molecule has 2 nitrogen and oxygen atoms in total. The molecule has 1 heterocycles. The molecule has 0 bridgehead atoms. The minimum atomic E-state index is -0.422. The van der Waals surface area contributed by atoms with Crippen LogP contribution >= 0.6 is 11.6 Å². The lowest BCUT2D eigenvalue weighted by atomic mass is 10.1. The normalized spacial score (nSPS) is 10.3. The van der Waals surface area contributed by atoms with Gasteiger partial charge in [0.05, 0.1) is 10.7 Å². The van der Waals surface area contributed by atoms with E-state index in [0.29, 0.717) is 11.3 Å². The number of aromatic nitrogens is 2. The Morgan fingerprint density at radius 2 is 2.15 bits per heavy atom. The van der Waals surface area contributed by atoms with E-state index in [2.05, 4.69) is 10.2 Å². The van der Waals surface area contributed by atoms with Gasteiger partial charge in [0.25, 0.3) is 0 Å². The van der Waals surface area contributed by atoms with Crippen molar-refractivity contribution in [1.29, 1.82) is 0 Å². The van der Waals surface area contributed by atoms with Crippen molar-refractivity contribution in [1.82, 2.24) is 10.2 Å². The van der Waals surface area contributed by atoms with E-state index in [1.54, 1.807) is 24.4 Å². The highest BCUT2D eigenvalue weighted by Crippen LogP contribution is 2.27. The molecule has 0 aliphatic heterocycles. The molecule has 0 atom stereocenters. The predicted octanol–water partition coefficient (Wildman–Crippen LogP) is 2.87. The summed E-state index contributed by atoms with van der Waals surface area (Å²) in [5.41, 5.74) is 1.34. The van der Waals surface area contributed by atoms with Crippen molar-refractivity contribution in [3.63, 3.8) is 0 Å². The molecule has 0 aliphatic carbocycles. The summed E-state index contributed by atoms with van der Waals surface area (Å²) >= 11 is 5.76. The van der Waals surface area contributed by atoms with Crippen LogP contribution in [0.2, 0.25) is 5.02 Å². The number of hydrogen-bond acceptors (Lipinski definition) is 1. The summed E-state index contributed by atoms with van der Waals surface area (Å²) in [6, 6.07) is 6.40. The van der Waals surface area contributed by atoms with Gasteiger partial charge in [0.15, 0.2) is 0 Å². The summed E-state index contributed by atoms with van der Waals surface area (Å²) in [7, 11) is 0. The molecule has 2 rings (SSSR count). The van der Waals surface area contributed by atoms with Crippen LogP contribution in [0.1, 0.15) is 0 Å². The van der Waals surface area contributed by atoms with Crippen molar-refractivity contribution in [2.75, 3.05) is 0 Å². The SMILES string of the molecule is Fc1cccc(-c2ccn[nH]2)c1Cl. The second-order valence-corrected chi connectivity index (χ2v) is 2.95.